The van der Waals surface area contributed by atoms with E-state index in [1.54, 1.807) is 60.9 Å². The molecule has 0 atom stereocenters. The molecule has 0 spiro atoms. The third kappa shape index (κ3) is 5.29. The summed E-state index contributed by atoms with van der Waals surface area (Å²) in [5, 5.41) is 2.80. The number of hydrogen-bond donors (Lipinski definition) is 2. The van der Waals surface area contributed by atoms with Crippen LogP contribution in [0, 0.1) is 6.92 Å². The minimum absolute atomic E-state index is 0.0886. The number of nitrogens with zero attached hydrogens (tertiary/aromatic N) is 2. The molecule has 3 rings (SSSR count). The maximum absolute atomic E-state index is 12.7. The zero-order valence-corrected chi connectivity index (χ0v) is 16.7. The molecule has 1 amide bonds. The molecule has 150 valence electrons. The predicted octanol–water partition coefficient (Wildman–Crippen LogP) is 3.59. The predicted molar refractivity (Wildman–Crippen MR) is 111 cm³/mol. The molecule has 0 unspecified atom stereocenters. The van der Waals surface area contributed by atoms with Crippen LogP contribution in [0.25, 0.3) is 0 Å². The maximum atomic E-state index is 12.7. The fourth-order valence-corrected chi connectivity index (χ4v) is 3.14. The topological polar surface area (TPSA) is 110 Å². The Bertz CT molecular complexity index is 1120. The molecule has 0 bridgehead atoms. The zero-order chi connectivity index (χ0) is 20.9. The number of ether oxygens (including phenoxy) is 1. The lowest BCUT2D eigenvalue weighted by molar-refractivity contribution is 0.102. The highest BCUT2D eigenvalue weighted by molar-refractivity contribution is 7.92. The lowest BCUT2D eigenvalue weighted by Gasteiger charge is -2.13. The van der Waals surface area contributed by atoms with Crippen molar-refractivity contribution in [3.05, 3.63) is 72.1 Å². The van der Waals surface area contributed by atoms with Gasteiger partial charge in [-0.25, -0.2) is 18.4 Å². The third-order valence-electron chi connectivity index (χ3n) is 4.01. The molecule has 0 fully saturated rings. The molecule has 1 heterocycles. The van der Waals surface area contributed by atoms with Crippen LogP contribution in [-0.2, 0) is 10.0 Å². The van der Waals surface area contributed by atoms with Crippen LogP contribution in [0.5, 0.6) is 11.8 Å². The number of aromatic nitrogens is 2. The Morgan fingerprint density at radius 2 is 1.76 bits per heavy atom. The molecule has 0 aliphatic carbocycles. The summed E-state index contributed by atoms with van der Waals surface area (Å²) in [6.07, 6.45) is 3.15. The van der Waals surface area contributed by atoms with Gasteiger partial charge < -0.3 is 10.1 Å². The van der Waals surface area contributed by atoms with E-state index in [2.05, 4.69) is 20.0 Å². The van der Waals surface area contributed by atoms with Gasteiger partial charge in [-0.05, 0) is 55.8 Å². The molecule has 2 N–H and O–H groups in total. The van der Waals surface area contributed by atoms with Crippen molar-refractivity contribution < 1.29 is 17.9 Å². The van der Waals surface area contributed by atoms with Gasteiger partial charge >= 0.3 is 6.01 Å². The highest BCUT2D eigenvalue weighted by Crippen LogP contribution is 2.25. The smallest absolute Gasteiger partial charge is 0.321 e. The highest BCUT2D eigenvalue weighted by atomic mass is 32.2. The first-order valence-electron chi connectivity index (χ1n) is 8.84. The quantitative estimate of drug-likeness (QED) is 0.614. The zero-order valence-electron chi connectivity index (χ0n) is 15.9. The second-order valence-corrected chi connectivity index (χ2v) is 8.13. The fourth-order valence-electron chi connectivity index (χ4n) is 2.48. The molecule has 8 nitrogen and oxygen atoms in total. The van der Waals surface area contributed by atoms with Crippen LogP contribution < -0.4 is 14.8 Å². The number of rotatable bonds is 7. The van der Waals surface area contributed by atoms with Crippen molar-refractivity contribution in [1.29, 1.82) is 0 Å². The molecular weight excluding hydrogens is 392 g/mol. The van der Waals surface area contributed by atoms with Crippen molar-refractivity contribution in [3.8, 4) is 11.8 Å². The van der Waals surface area contributed by atoms with Gasteiger partial charge in [0, 0.05) is 18.1 Å². The van der Waals surface area contributed by atoms with Gasteiger partial charge in [0.25, 0.3) is 5.91 Å². The summed E-state index contributed by atoms with van der Waals surface area (Å²) in [6, 6.07) is 13.5. The molecule has 9 heteroatoms. The van der Waals surface area contributed by atoms with Crippen LogP contribution in [0.3, 0.4) is 0 Å². The fraction of sp³-hybridized carbons (Fsp3) is 0.150. The average molecular weight is 412 g/mol. The molecule has 29 heavy (non-hydrogen) atoms. The maximum Gasteiger partial charge on any atom is 0.321 e. The first kappa shape index (κ1) is 20.3. The standard InChI is InChI=1S/C20H20N4O4S/c1-3-29(26,27)24-18-8-5-4-7-16(18)19(25)23-17-10-9-15(13-14(17)2)28-20-21-11-6-12-22-20/h4-13,24H,3H2,1-2H3,(H,23,25). The van der Waals surface area contributed by atoms with Crippen molar-refractivity contribution in [2.75, 3.05) is 15.8 Å². The van der Waals surface area contributed by atoms with Crippen molar-refractivity contribution in [1.82, 2.24) is 9.97 Å². The van der Waals surface area contributed by atoms with Gasteiger partial charge in [0.05, 0.1) is 17.0 Å². The Hall–Kier alpha value is -3.46. The van der Waals surface area contributed by atoms with Crippen LogP contribution in [0.1, 0.15) is 22.8 Å². The molecule has 3 aromatic rings. The lowest BCUT2D eigenvalue weighted by atomic mass is 10.1. The van der Waals surface area contributed by atoms with Gasteiger partial charge in [-0.1, -0.05) is 12.1 Å². The molecule has 2 aromatic carbocycles. The van der Waals surface area contributed by atoms with E-state index in [1.165, 1.54) is 6.92 Å². The number of nitrogens with one attached hydrogen (secondary N) is 2. The Morgan fingerprint density at radius 1 is 1.03 bits per heavy atom. The molecule has 0 aliphatic rings. The van der Waals surface area contributed by atoms with E-state index in [4.69, 9.17) is 4.74 Å². The second-order valence-electron chi connectivity index (χ2n) is 6.12. The van der Waals surface area contributed by atoms with Crippen LogP contribution in [-0.4, -0.2) is 30.0 Å². The van der Waals surface area contributed by atoms with Crippen LogP contribution in [0.4, 0.5) is 11.4 Å². The molecule has 1 aromatic heterocycles. The first-order valence-corrected chi connectivity index (χ1v) is 10.5. The number of para-hydroxylation sites is 1. The first-order chi connectivity index (χ1) is 13.9. The normalized spacial score (nSPS) is 11.0. The van der Waals surface area contributed by atoms with Gasteiger partial charge in [0.2, 0.25) is 10.0 Å². The van der Waals surface area contributed by atoms with E-state index in [1.807, 2.05) is 6.92 Å². The summed E-state index contributed by atoms with van der Waals surface area (Å²) >= 11 is 0. The van der Waals surface area contributed by atoms with E-state index < -0.39 is 15.9 Å². The van der Waals surface area contributed by atoms with E-state index >= 15 is 0 Å². The molecular formula is C20H20N4O4S. The largest absolute Gasteiger partial charge is 0.424 e. The molecule has 0 aliphatic heterocycles. The van der Waals surface area contributed by atoms with E-state index in [9.17, 15) is 13.2 Å². The Kier molecular flexibility index (Phi) is 6.08. The van der Waals surface area contributed by atoms with Gasteiger partial charge in [-0.2, -0.15) is 0 Å². The number of anilines is 2. The van der Waals surface area contributed by atoms with Gasteiger partial charge in [-0.15, -0.1) is 0 Å². The summed E-state index contributed by atoms with van der Waals surface area (Å²) in [6.45, 7) is 3.35. The van der Waals surface area contributed by atoms with E-state index in [0.717, 1.165) is 5.56 Å². The van der Waals surface area contributed by atoms with Gasteiger partial charge in [-0.3, -0.25) is 9.52 Å². The second kappa shape index (κ2) is 8.70. The molecule has 0 radical (unpaired) electrons. The summed E-state index contributed by atoms with van der Waals surface area (Å²) in [4.78, 5) is 20.7. The number of aryl methyl sites for hydroxylation is 1. The highest BCUT2D eigenvalue weighted by Gasteiger charge is 2.16. The van der Waals surface area contributed by atoms with Crippen LogP contribution >= 0.6 is 0 Å². The summed E-state index contributed by atoms with van der Waals surface area (Å²) in [5.74, 6) is 0.0136. The van der Waals surface area contributed by atoms with E-state index in [0.29, 0.717) is 11.4 Å². The number of amides is 1. The van der Waals surface area contributed by atoms with Gasteiger partial charge in [0.15, 0.2) is 0 Å². The number of carbonyl (C=O) groups excluding carboxylic acids is 1. The Morgan fingerprint density at radius 3 is 2.45 bits per heavy atom. The van der Waals surface area contributed by atoms with Crippen LogP contribution in [0.15, 0.2) is 60.9 Å². The Labute approximate surface area is 169 Å². The van der Waals surface area contributed by atoms with E-state index in [-0.39, 0.29) is 23.0 Å². The number of benzene rings is 2. The Balaban J connectivity index is 1.78. The van der Waals surface area contributed by atoms with Gasteiger partial charge in [0.1, 0.15) is 5.75 Å². The molecule has 0 saturated heterocycles. The minimum atomic E-state index is -3.50. The summed E-state index contributed by atoms with van der Waals surface area (Å²) in [7, 11) is -3.50. The minimum Gasteiger partial charge on any atom is -0.424 e. The monoisotopic (exact) mass is 412 g/mol. The third-order valence-corrected chi connectivity index (χ3v) is 5.31. The average Bonchev–Trinajstić information content (AvgIpc) is 2.71. The van der Waals surface area contributed by atoms with Crippen molar-refractivity contribution >= 4 is 27.3 Å². The van der Waals surface area contributed by atoms with Crippen molar-refractivity contribution in [3.63, 3.8) is 0 Å². The van der Waals surface area contributed by atoms with Crippen molar-refractivity contribution in [2.45, 2.75) is 13.8 Å². The summed E-state index contributed by atoms with van der Waals surface area (Å²) < 4.78 is 31.8. The van der Waals surface area contributed by atoms with Crippen LogP contribution in [0.2, 0.25) is 0 Å². The summed E-state index contributed by atoms with van der Waals surface area (Å²) in [5.41, 5.74) is 1.79. The van der Waals surface area contributed by atoms with Crippen molar-refractivity contribution in [2.24, 2.45) is 0 Å². The number of carbonyl (C=O) groups is 1. The SMILES string of the molecule is CCS(=O)(=O)Nc1ccccc1C(=O)Nc1ccc(Oc2ncccn2)cc1C. The lowest BCUT2D eigenvalue weighted by Crippen LogP contribution is -2.19. The molecule has 0 saturated carbocycles. The number of hydrogen-bond acceptors (Lipinski definition) is 6. The number of sulfonamides is 1.